The molecule has 2 saturated heterocycles. The fourth-order valence-corrected chi connectivity index (χ4v) is 8.47. The van der Waals surface area contributed by atoms with Crippen LogP contribution in [0.1, 0.15) is 60.3 Å². The van der Waals surface area contributed by atoms with Crippen molar-refractivity contribution in [3.05, 3.63) is 83.1 Å². The van der Waals surface area contributed by atoms with Crippen LogP contribution >= 0.6 is 0 Å². The smallest absolute Gasteiger partial charge is 0.114 e. The van der Waals surface area contributed by atoms with Crippen LogP contribution in [-0.4, -0.2) is 48.9 Å². The molecule has 0 spiro atoms. The predicted octanol–water partition coefficient (Wildman–Crippen LogP) is 7.28. The van der Waals surface area contributed by atoms with Gasteiger partial charge in [-0.3, -0.25) is 9.98 Å². The first-order chi connectivity index (χ1) is 21.1. The Morgan fingerprint density at radius 1 is 0.721 bits per heavy atom. The van der Waals surface area contributed by atoms with Crippen LogP contribution in [0.25, 0.3) is 27.8 Å². The molecule has 2 aliphatic carbocycles. The van der Waals surface area contributed by atoms with Crippen molar-refractivity contribution in [1.82, 2.24) is 10.6 Å². The van der Waals surface area contributed by atoms with Crippen LogP contribution in [0.3, 0.4) is 0 Å². The van der Waals surface area contributed by atoms with Gasteiger partial charge in [0.05, 0.1) is 5.69 Å². The Morgan fingerprint density at radius 2 is 1.44 bits per heavy atom. The quantitative estimate of drug-likeness (QED) is 0.336. The number of rotatable bonds is 5. The Morgan fingerprint density at radius 3 is 2.16 bits per heavy atom. The van der Waals surface area contributed by atoms with E-state index in [2.05, 4.69) is 70.2 Å². The molecule has 0 amide bonds. The standard InChI is InChI=1S/C37H36F2N4/c38-26-15-34(41-18-26)33-14-25(17-40-33)20-1-3-21(4-2-20)29-9-8-28(31-12-23-5-7-30(23)37(29)31)22-6-10-32-24(11-22)13-36(43-32)35-16-27(39)19-42-35/h1-4,6,8-11,17,23,26-27,30,34-35,41-42H,5,7,12-16,18-19H2/t23?,26-,27-,30?,34-,35-/m0/s1. The van der Waals surface area contributed by atoms with Crippen LogP contribution in [-0.2, 0) is 12.8 Å². The van der Waals surface area contributed by atoms with Crippen LogP contribution < -0.4 is 10.6 Å². The molecule has 4 heterocycles. The number of fused-ring (bicyclic) bond motifs is 4. The summed E-state index contributed by atoms with van der Waals surface area (Å²) in [7, 11) is 0. The Labute approximate surface area is 251 Å². The Kier molecular flexibility index (Phi) is 6.06. The number of hydrogen-bond donors (Lipinski definition) is 2. The average Bonchev–Trinajstić information content (AvgIpc) is 3.83. The molecule has 4 aliphatic heterocycles. The summed E-state index contributed by atoms with van der Waals surface area (Å²) in [5, 5.41) is 6.58. The van der Waals surface area contributed by atoms with Gasteiger partial charge in [0, 0.05) is 68.5 Å². The van der Waals surface area contributed by atoms with Crippen molar-refractivity contribution in [3.8, 4) is 22.3 Å². The molecule has 0 aromatic heterocycles. The third kappa shape index (κ3) is 4.36. The van der Waals surface area contributed by atoms with Gasteiger partial charge in [-0.25, -0.2) is 8.78 Å². The summed E-state index contributed by atoms with van der Waals surface area (Å²) in [6.07, 6.45) is 6.84. The first-order valence-electron chi connectivity index (χ1n) is 16.1. The molecule has 43 heavy (non-hydrogen) atoms. The third-order valence-electron chi connectivity index (χ3n) is 10.9. The molecule has 1 saturated carbocycles. The predicted molar refractivity (Wildman–Crippen MR) is 170 cm³/mol. The fraction of sp³-hybridized carbons (Fsp3) is 0.405. The molecule has 0 bridgehead atoms. The van der Waals surface area contributed by atoms with Crippen molar-refractivity contribution >= 4 is 22.7 Å². The van der Waals surface area contributed by atoms with E-state index in [9.17, 15) is 8.78 Å². The van der Waals surface area contributed by atoms with Gasteiger partial charge in [-0.15, -0.1) is 0 Å². The summed E-state index contributed by atoms with van der Waals surface area (Å²) in [6, 6.07) is 20.5. The number of aliphatic imine (C=N–C) groups is 2. The third-order valence-corrected chi connectivity index (χ3v) is 10.9. The minimum absolute atomic E-state index is 0.0596. The van der Waals surface area contributed by atoms with Gasteiger partial charge in [-0.2, -0.15) is 0 Å². The zero-order valence-corrected chi connectivity index (χ0v) is 24.3. The Hall–Kier alpha value is -3.48. The van der Waals surface area contributed by atoms with Crippen molar-refractivity contribution in [3.63, 3.8) is 0 Å². The summed E-state index contributed by atoms with van der Waals surface area (Å²) in [6.45, 7) is 0.864. The molecule has 3 fully saturated rings. The van der Waals surface area contributed by atoms with Crippen molar-refractivity contribution in [2.24, 2.45) is 15.9 Å². The molecule has 218 valence electrons. The van der Waals surface area contributed by atoms with Crippen molar-refractivity contribution in [2.45, 2.75) is 75.3 Å². The van der Waals surface area contributed by atoms with Crippen molar-refractivity contribution in [2.75, 3.05) is 13.1 Å². The maximum Gasteiger partial charge on any atom is 0.114 e. The zero-order chi connectivity index (χ0) is 28.7. The molecule has 3 aromatic rings. The van der Waals surface area contributed by atoms with Gasteiger partial charge in [-0.1, -0.05) is 42.5 Å². The van der Waals surface area contributed by atoms with Gasteiger partial charge in [-0.05, 0) is 93.3 Å². The van der Waals surface area contributed by atoms with Gasteiger partial charge in [0.1, 0.15) is 12.3 Å². The average molecular weight is 575 g/mol. The highest BCUT2D eigenvalue weighted by Gasteiger charge is 2.42. The molecule has 2 unspecified atom stereocenters. The van der Waals surface area contributed by atoms with E-state index in [0.29, 0.717) is 31.8 Å². The molecule has 9 rings (SSSR count). The van der Waals surface area contributed by atoms with Gasteiger partial charge in [0.15, 0.2) is 0 Å². The largest absolute Gasteiger partial charge is 0.306 e. The van der Waals surface area contributed by atoms with Gasteiger partial charge in [0.25, 0.3) is 0 Å². The first-order valence-corrected chi connectivity index (χ1v) is 16.1. The number of hydrogen-bond acceptors (Lipinski definition) is 4. The topological polar surface area (TPSA) is 48.8 Å². The van der Waals surface area contributed by atoms with Crippen molar-refractivity contribution < 1.29 is 8.78 Å². The molecule has 6 atom stereocenters. The summed E-state index contributed by atoms with van der Waals surface area (Å²) in [5.41, 5.74) is 15.2. The van der Waals surface area contributed by atoms with Gasteiger partial charge >= 0.3 is 0 Å². The van der Waals surface area contributed by atoms with E-state index in [1.807, 2.05) is 6.20 Å². The fourth-order valence-electron chi connectivity index (χ4n) is 8.47. The number of nitrogens with one attached hydrogen (secondary N) is 2. The summed E-state index contributed by atoms with van der Waals surface area (Å²) < 4.78 is 27.5. The minimum Gasteiger partial charge on any atom is -0.306 e. The lowest BCUT2D eigenvalue weighted by atomic mass is 9.73. The summed E-state index contributed by atoms with van der Waals surface area (Å²) in [4.78, 5) is 9.53. The van der Waals surface area contributed by atoms with Gasteiger partial charge in [0.2, 0.25) is 0 Å². The van der Waals surface area contributed by atoms with E-state index >= 15 is 0 Å². The highest BCUT2D eigenvalue weighted by atomic mass is 19.1. The molecule has 0 radical (unpaired) electrons. The molecule has 6 aliphatic rings. The molecular formula is C37H36F2N4. The van der Waals surface area contributed by atoms with Crippen LogP contribution in [0.5, 0.6) is 0 Å². The molecule has 6 heteroatoms. The Bertz CT molecular complexity index is 1720. The maximum absolute atomic E-state index is 13.8. The van der Waals surface area contributed by atoms with Crippen LogP contribution in [0.15, 0.2) is 70.8 Å². The molecule has 4 nitrogen and oxygen atoms in total. The van der Waals surface area contributed by atoms with E-state index < -0.39 is 12.3 Å². The van der Waals surface area contributed by atoms with E-state index in [-0.39, 0.29) is 12.1 Å². The highest BCUT2D eigenvalue weighted by Crippen LogP contribution is 2.56. The number of nitrogens with zero attached hydrogens (tertiary/aromatic N) is 2. The number of alkyl halides is 2. The van der Waals surface area contributed by atoms with Crippen LogP contribution in [0, 0.1) is 5.92 Å². The second kappa shape index (κ2) is 10.0. The summed E-state index contributed by atoms with van der Waals surface area (Å²) >= 11 is 0. The molecule has 3 aromatic carbocycles. The van der Waals surface area contributed by atoms with E-state index in [1.54, 1.807) is 5.56 Å². The lowest BCUT2D eigenvalue weighted by Gasteiger charge is -2.31. The number of allylic oxidation sites excluding steroid dienone is 1. The van der Waals surface area contributed by atoms with E-state index in [1.165, 1.54) is 57.4 Å². The summed E-state index contributed by atoms with van der Waals surface area (Å²) in [5.74, 6) is 1.41. The second-order valence-electron chi connectivity index (χ2n) is 13.4. The lowest BCUT2D eigenvalue weighted by molar-refractivity contribution is 0.281. The molecule has 2 N–H and O–H groups in total. The van der Waals surface area contributed by atoms with E-state index in [4.69, 9.17) is 4.99 Å². The minimum atomic E-state index is -0.771. The van der Waals surface area contributed by atoms with Crippen LogP contribution in [0.2, 0.25) is 0 Å². The zero-order valence-electron chi connectivity index (χ0n) is 24.3. The van der Waals surface area contributed by atoms with Crippen molar-refractivity contribution in [1.29, 1.82) is 0 Å². The lowest BCUT2D eigenvalue weighted by Crippen LogP contribution is -2.30. The number of halogens is 2. The monoisotopic (exact) mass is 574 g/mol. The van der Waals surface area contributed by atoms with Crippen LogP contribution in [0.4, 0.5) is 14.5 Å². The normalized spacial score (nSPS) is 30.4. The Balaban J connectivity index is 0.982. The second-order valence-corrected chi connectivity index (χ2v) is 13.4. The SMILES string of the molecule is F[C@@H]1CN[C@H](C2=NC=C(c3ccc(-c4ccc(-c5ccc6c(c5)CC([C@@H]5C[C@H](F)CN5)=N6)c5c4C4CCC4C5)cc3)C2)C1. The van der Waals surface area contributed by atoms with E-state index in [0.717, 1.165) is 42.3 Å². The first kappa shape index (κ1) is 26.0. The van der Waals surface area contributed by atoms with Gasteiger partial charge < -0.3 is 10.6 Å². The maximum atomic E-state index is 13.8. The molecular weight excluding hydrogens is 538 g/mol. The number of benzene rings is 3. The highest BCUT2D eigenvalue weighted by molar-refractivity contribution is 6.02.